The summed E-state index contributed by atoms with van der Waals surface area (Å²) < 4.78 is 26.3. The summed E-state index contributed by atoms with van der Waals surface area (Å²) in [7, 11) is 0. The molecule has 1 atom stereocenters. The van der Waals surface area contributed by atoms with E-state index in [-0.39, 0.29) is 32.0 Å². The molecule has 1 N–H and O–H groups in total. The van der Waals surface area contributed by atoms with Gasteiger partial charge in [-0.3, -0.25) is 0 Å². The van der Waals surface area contributed by atoms with Crippen LogP contribution in [-0.2, 0) is 0 Å². The van der Waals surface area contributed by atoms with E-state index in [1.54, 1.807) is 0 Å². The first-order valence-corrected chi connectivity index (χ1v) is 9.21. The van der Waals surface area contributed by atoms with Crippen molar-refractivity contribution in [3.05, 3.63) is 35.9 Å². The number of carbonyl (C=O) groups is 1. The first-order chi connectivity index (χ1) is 12.0. The number of piperidine rings is 2. The van der Waals surface area contributed by atoms with Gasteiger partial charge in [0.15, 0.2) is 0 Å². The second-order valence-electron chi connectivity index (χ2n) is 7.13. The second kappa shape index (κ2) is 8.13. The predicted octanol–water partition coefficient (Wildman–Crippen LogP) is 3.31. The maximum Gasteiger partial charge on any atom is 0.317 e. The number of benzene rings is 1. The molecule has 2 aliphatic rings. The van der Waals surface area contributed by atoms with Gasteiger partial charge in [-0.05, 0) is 30.9 Å². The van der Waals surface area contributed by atoms with E-state index in [9.17, 15) is 13.6 Å². The van der Waals surface area contributed by atoms with Gasteiger partial charge in [-0.25, -0.2) is 13.6 Å². The molecule has 2 aliphatic heterocycles. The monoisotopic (exact) mass is 351 g/mol. The Hall–Kier alpha value is -1.69. The lowest BCUT2D eigenvalue weighted by Crippen LogP contribution is -2.49. The van der Waals surface area contributed by atoms with Crippen LogP contribution in [-0.4, -0.2) is 61.0 Å². The van der Waals surface area contributed by atoms with E-state index in [1.807, 2.05) is 6.07 Å². The molecular formula is C19H27F2N3O. The van der Waals surface area contributed by atoms with Crippen molar-refractivity contribution < 1.29 is 13.6 Å². The van der Waals surface area contributed by atoms with Gasteiger partial charge in [0.2, 0.25) is 0 Å². The summed E-state index contributed by atoms with van der Waals surface area (Å²) in [4.78, 5) is 16.0. The van der Waals surface area contributed by atoms with Crippen molar-refractivity contribution in [3.8, 4) is 0 Å². The summed E-state index contributed by atoms with van der Waals surface area (Å²) >= 11 is 0. The van der Waals surface area contributed by atoms with Crippen molar-refractivity contribution in [2.45, 2.75) is 37.5 Å². The average molecular weight is 351 g/mol. The Morgan fingerprint density at radius 2 is 1.88 bits per heavy atom. The number of hydrogen-bond donors (Lipinski definition) is 1. The van der Waals surface area contributed by atoms with Crippen molar-refractivity contribution in [1.82, 2.24) is 15.1 Å². The zero-order valence-corrected chi connectivity index (χ0v) is 14.6. The molecule has 1 aromatic carbocycles. The summed E-state index contributed by atoms with van der Waals surface area (Å²) in [5.74, 6) is -2.06. The molecule has 2 heterocycles. The molecule has 2 amide bonds. The molecule has 0 bridgehead atoms. The number of alkyl halides is 2. The SMILES string of the molecule is O=C(NCCN1CCC[C@@H](c2ccccc2)C1)N1CCC(F)(F)CC1. The zero-order valence-electron chi connectivity index (χ0n) is 14.6. The number of likely N-dealkylation sites (tertiary alicyclic amines) is 2. The van der Waals surface area contributed by atoms with E-state index in [0.717, 1.165) is 26.1 Å². The summed E-state index contributed by atoms with van der Waals surface area (Å²) in [6.45, 7) is 3.70. The molecule has 0 radical (unpaired) electrons. The van der Waals surface area contributed by atoms with Crippen molar-refractivity contribution in [2.75, 3.05) is 39.3 Å². The van der Waals surface area contributed by atoms with E-state index in [1.165, 1.54) is 16.9 Å². The molecule has 25 heavy (non-hydrogen) atoms. The van der Waals surface area contributed by atoms with Crippen LogP contribution in [0.5, 0.6) is 0 Å². The lowest BCUT2D eigenvalue weighted by Gasteiger charge is -2.34. The fourth-order valence-corrected chi connectivity index (χ4v) is 3.73. The van der Waals surface area contributed by atoms with E-state index in [4.69, 9.17) is 0 Å². The average Bonchev–Trinajstić information content (AvgIpc) is 2.62. The van der Waals surface area contributed by atoms with Crippen LogP contribution in [0.25, 0.3) is 0 Å². The number of halogens is 2. The molecule has 0 spiro atoms. The Morgan fingerprint density at radius 3 is 2.60 bits per heavy atom. The fraction of sp³-hybridized carbons (Fsp3) is 0.632. The molecule has 0 saturated carbocycles. The van der Waals surface area contributed by atoms with Crippen LogP contribution in [0.3, 0.4) is 0 Å². The van der Waals surface area contributed by atoms with Gasteiger partial charge in [0.25, 0.3) is 5.92 Å². The van der Waals surface area contributed by atoms with E-state index in [0.29, 0.717) is 12.5 Å². The van der Waals surface area contributed by atoms with Gasteiger partial charge in [0.05, 0.1) is 0 Å². The summed E-state index contributed by atoms with van der Waals surface area (Å²) in [5.41, 5.74) is 1.38. The van der Waals surface area contributed by atoms with E-state index < -0.39 is 5.92 Å². The lowest BCUT2D eigenvalue weighted by atomic mass is 9.91. The van der Waals surface area contributed by atoms with Crippen LogP contribution in [0.15, 0.2) is 30.3 Å². The molecule has 0 aliphatic carbocycles. The number of nitrogens with one attached hydrogen (secondary N) is 1. The Kier molecular flexibility index (Phi) is 5.89. The van der Waals surface area contributed by atoms with Crippen LogP contribution in [0.1, 0.15) is 37.2 Å². The second-order valence-corrected chi connectivity index (χ2v) is 7.13. The van der Waals surface area contributed by atoms with Crippen molar-refractivity contribution in [2.24, 2.45) is 0 Å². The number of amides is 2. The van der Waals surface area contributed by atoms with Crippen LogP contribution in [0.2, 0.25) is 0 Å². The number of rotatable bonds is 4. The molecule has 6 heteroatoms. The maximum absolute atomic E-state index is 13.1. The Balaban J connectivity index is 1.39. The Morgan fingerprint density at radius 1 is 1.16 bits per heavy atom. The molecular weight excluding hydrogens is 324 g/mol. The van der Waals surface area contributed by atoms with Crippen LogP contribution >= 0.6 is 0 Å². The third-order valence-electron chi connectivity index (χ3n) is 5.26. The van der Waals surface area contributed by atoms with Crippen molar-refractivity contribution in [3.63, 3.8) is 0 Å². The highest BCUT2D eigenvalue weighted by atomic mass is 19.3. The summed E-state index contributed by atoms with van der Waals surface area (Å²) in [5, 5.41) is 2.88. The molecule has 138 valence electrons. The molecule has 4 nitrogen and oxygen atoms in total. The number of nitrogens with zero attached hydrogens (tertiary/aromatic N) is 2. The summed E-state index contributed by atoms with van der Waals surface area (Å²) in [6, 6.07) is 10.3. The van der Waals surface area contributed by atoms with Gasteiger partial charge >= 0.3 is 6.03 Å². The molecule has 2 saturated heterocycles. The quantitative estimate of drug-likeness (QED) is 0.903. The minimum atomic E-state index is -2.61. The third-order valence-corrected chi connectivity index (χ3v) is 5.26. The predicted molar refractivity (Wildman–Crippen MR) is 94.0 cm³/mol. The van der Waals surface area contributed by atoms with Crippen LogP contribution in [0.4, 0.5) is 13.6 Å². The summed E-state index contributed by atoms with van der Waals surface area (Å²) in [6.07, 6.45) is 1.90. The minimum absolute atomic E-state index is 0.138. The molecule has 3 rings (SSSR count). The largest absolute Gasteiger partial charge is 0.337 e. The number of urea groups is 1. The smallest absolute Gasteiger partial charge is 0.317 e. The first kappa shape index (κ1) is 18.1. The van der Waals surface area contributed by atoms with E-state index in [2.05, 4.69) is 34.5 Å². The third kappa shape index (κ3) is 5.14. The van der Waals surface area contributed by atoms with E-state index >= 15 is 0 Å². The van der Waals surface area contributed by atoms with Crippen LogP contribution < -0.4 is 5.32 Å². The number of carbonyl (C=O) groups excluding carboxylic acids is 1. The van der Waals surface area contributed by atoms with Gasteiger partial charge in [-0.2, -0.15) is 0 Å². The molecule has 0 aromatic heterocycles. The van der Waals surface area contributed by atoms with Crippen molar-refractivity contribution >= 4 is 6.03 Å². The van der Waals surface area contributed by atoms with Crippen molar-refractivity contribution in [1.29, 1.82) is 0 Å². The minimum Gasteiger partial charge on any atom is -0.337 e. The Bertz CT molecular complexity index is 557. The van der Waals surface area contributed by atoms with Gasteiger partial charge in [0, 0.05) is 45.6 Å². The highest BCUT2D eigenvalue weighted by Crippen LogP contribution is 2.28. The molecule has 0 unspecified atom stereocenters. The number of hydrogen-bond acceptors (Lipinski definition) is 2. The normalized spacial score (nSPS) is 24.1. The van der Waals surface area contributed by atoms with Gasteiger partial charge in [-0.15, -0.1) is 0 Å². The molecule has 2 fully saturated rings. The highest BCUT2D eigenvalue weighted by molar-refractivity contribution is 5.74. The maximum atomic E-state index is 13.1. The fourth-order valence-electron chi connectivity index (χ4n) is 3.73. The Labute approximate surface area is 148 Å². The van der Waals surface area contributed by atoms with Gasteiger partial charge in [0.1, 0.15) is 0 Å². The zero-order chi connectivity index (χ0) is 17.7. The molecule has 1 aromatic rings. The van der Waals surface area contributed by atoms with Crippen LogP contribution in [0, 0.1) is 0 Å². The standard InChI is InChI=1S/C19H27F2N3O/c20-19(21)8-12-24(13-9-19)18(25)22-10-14-23-11-4-7-17(15-23)16-5-2-1-3-6-16/h1-3,5-6,17H,4,7-15H2,(H,22,25)/t17-/m1/s1. The first-order valence-electron chi connectivity index (χ1n) is 9.21. The lowest BCUT2D eigenvalue weighted by molar-refractivity contribution is -0.0469. The van der Waals surface area contributed by atoms with Gasteiger partial charge < -0.3 is 15.1 Å². The highest BCUT2D eigenvalue weighted by Gasteiger charge is 2.35. The topological polar surface area (TPSA) is 35.6 Å². The van der Waals surface area contributed by atoms with Gasteiger partial charge in [-0.1, -0.05) is 30.3 Å².